The maximum Gasteiger partial charge on any atom is 0.272 e. The van der Waals surface area contributed by atoms with E-state index in [1.54, 1.807) is 31.2 Å². The minimum absolute atomic E-state index is 0.0182. The highest BCUT2D eigenvalue weighted by atomic mass is 16.6. The zero-order valence-electron chi connectivity index (χ0n) is 13.9. The summed E-state index contributed by atoms with van der Waals surface area (Å²) in [5.74, 6) is -0.562. The van der Waals surface area contributed by atoms with Gasteiger partial charge in [0.25, 0.3) is 5.69 Å². The van der Waals surface area contributed by atoms with E-state index in [9.17, 15) is 14.9 Å². The van der Waals surface area contributed by atoms with E-state index in [1.807, 2.05) is 6.07 Å². The lowest BCUT2D eigenvalue weighted by atomic mass is 9.95. The zero-order chi connectivity index (χ0) is 18.0. The van der Waals surface area contributed by atoms with Gasteiger partial charge in [0.05, 0.1) is 18.1 Å². The van der Waals surface area contributed by atoms with Crippen LogP contribution in [0.15, 0.2) is 36.4 Å². The van der Waals surface area contributed by atoms with Crippen LogP contribution in [0.1, 0.15) is 15.9 Å². The molecule has 25 heavy (non-hydrogen) atoms. The van der Waals surface area contributed by atoms with Crippen molar-refractivity contribution in [3.63, 3.8) is 0 Å². The molecule has 1 heterocycles. The van der Waals surface area contributed by atoms with Crippen LogP contribution in [0.25, 0.3) is 11.1 Å². The van der Waals surface area contributed by atoms with E-state index in [0.29, 0.717) is 48.6 Å². The Morgan fingerprint density at radius 1 is 1.24 bits per heavy atom. The highest BCUT2D eigenvalue weighted by Gasteiger charge is 2.22. The van der Waals surface area contributed by atoms with Gasteiger partial charge >= 0.3 is 0 Å². The maximum atomic E-state index is 12.0. The van der Waals surface area contributed by atoms with Gasteiger partial charge in [0.15, 0.2) is 0 Å². The number of aryl methyl sites for hydroxylation is 1. The summed E-state index contributed by atoms with van der Waals surface area (Å²) < 4.78 is 5.39. The molecule has 3 rings (SSSR count). The van der Waals surface area contributed by atoms with Crippen molar-refractivity contribution in [1.82, 2.24) is 0 Å². The molecule has 1 aliphatic rings. The highest BCUT2D eigenvalue weighted by Crippen LogP contribution is 2.36. The molecule has 2 aromatic rings. The Hall–Kier alpha value is -2.93. The van der Waals surface area contributed by atoms with Crippen molar-refractivity contribution in [2.45, 2.75) is 6.92 Å². The van der Waals surface area contributed by atoms with E-state index in [-0.39, 0.29) is 5.69 Å². The number of anilines is 1. The summed E-state index contributed by atoms with van der Waals surface area (Å²) in [4.78, 5) is 25.0. The average Bonchev–Trinajstić information content (AvgIpc) is 2.62. The number of hydrogen-bond acceptors (Lipinski definition) is 5. The number of amides is 1. The molecule has 0 aliphatic carbocycles. The first-order chi connectivity index (χ1) is 12.0. The third-order valence-corrected chi connectivity index (χ3v) is 4.35. The number of primary amides is 1. The second-order valence-electron chi connectivity index (χ2n) is 5.92. The standard InChI is InChI=1S/C18H19N3O4/c1-12-5-6-13(11-16(12)21(23)24)17-14(18(19)22)3-2-4-15(17)20-7-9-25-10-8-20/h2-6,11H,7-10H2,1H3,(H2,19,22). The van der Waals surface area contributed by atoms with E-state index >= 15 is 0 Å². The molecule has 1 amide bonds. The number of nitrogens with zero attached hydrogens (tertiary/aromatic N) is 2. The first-order valence-corrected chi connectivity index (χ1v) is 8.00. The van der Waals surface area contributed by atoms with Crippen molar-refractivity contribution >= 4 is 17.3 Å². The molecule has 2 aromatic carbocycles. The molecule has 0 aromatic heterocycles. The second kappa shape index (κ2) is 6.90. The molecule has 0 bridgehead atoms. The molecule has 130 valence electrons. The summed E-state index contributed by atoms with van der Waals surface area (Å²) >= 11 is 0. The summed E-state index contributed by atoms with van der Waals surface area (Å²) in [5.41, 5.74) is 8.56. The molecule has 1 aliphatic heterocycles. The van der Waals surface area contributed by atoms with Crippen LogP contribution in [0.3, 0.4) is 0 Å². The number of carbonyl (C=O) groups excluding carboxylic acids is 1. The molecule has 7 nitrogen and oxygen atoms in total. The van der Waals surface area contributed by atoms with Crippen LogP contribution < -0.4 is 10.6 Å². The molecule has 0 unspecified atom stereocenters. The smallest absolute Gasteiger partial charge is 0.272 e. The molecule has 0 atom stereocenters. The Labute approximate surface area is 145 Å². The van der Waals surface area contributed by atoms with Gasteiger partial charge in [-0.2, -0.15) is 0 Å². The number of morpholine rings is 1. The average molecular weight is 341 g/mol. The van der Waals surface area contributed by atoms with Crippen molar-refractivity contribution in [2.75, 3.05) is 31.2 Å². The first-order valence-electron chi connectivity index (χ1n) is 8.00. The Bertz CT molecular complexity index is 829. The van der Waals surface area contributed by atoms with Crippen molar-refractivity contribution in [3.05, 3.63) is 57.6 Å². The lowest BCUT2D eigenvalue weighted by Gasteiger charge is -2.31. The number of nitrogens with two attached hydrogens (primary N) is 1. The monoisotopic (exact) mass is 341 g/mol. The maximum absolute atomic E-state index is 12.0. The minimum Gasteiger partial charge on any atom is -0.378 e. The van der Waals surface area contributed by atoms with Gasteiger partial charge in [-0.05, 0) is 24.6 Å². The van der Waals surface area contributed by atoms with Crippen LogP contribution in [0.2, 0.25) is 0 Å². The van der Waals surface area contributed by atoms with Crippen molar-refractivity contribution in [3.8, 4) is 11.1 Å². The number of benzene rings is 2. The number of ether oxygens (including phenoxy) is 1. The predicted molar refractivity (Wildman–Crippen MR) is 94.8 cm³/mol. The lowest BCUT2D eigenvalue weighted by molar-refractivity contribution is -0.385. The summed E-state index contributed by atoms with van der Waals surface area (Å²) in [6, 6.07) is 10.3. The van der Waals surface area contributed by atoms with Gasteiger partial charge in [0.2, 0.25) is 5.91 Å². The fraction of sp³-hybridized carbons (Fsp3) is 0.278. The van der Waals surface area contributed by atoms with Crippen LogP contribution in [0.5, 0.6) is 0 Å². The Morgan fingerprint density at radius 3 is 2.60 bits per heavy atom. The SMILES string of the molecule is Cc1ccc(-c2c(C(N)=O)cccc2N2CCOCC2)cc1[N+](=O)[O-]. The van der Waals surface area contributed by atoms with Crippen molar-refractivity contribution in [2.24, 2.45) is 5.73 Å². The number of hydrogen-bond donors (Lipinski definition) is 1. The molecular formula is C18H19N3O4. The highest BCUT2D eigenvalue weighted by molar-refractivity contribution is 6.03. The summed E-state index contributed by atoms with van der Waals surface area (Å²) in [6.45, 7) is 4.24. The largest absolute Gasteiger partial charge is 0.378 e. The van der Waals surface area contributed by atoms with Crippen LogP contribution in [-0.2, 0) is 4.74 Å². The van der Waals surface area contributed by atoms with Crippen LogP contribution >= 0.6 is 0 Å². The van der Waals surface area contributed by atoms with Gasteiger partial charge < -0.3 is 15.4 Å². The third kappa shape index (κ3) is 3.32. The molecular weight excluding hydrogens is 322 g/mol. The third-order valence-electron chi connectivity index (χ3n) is 4.35. The van der Waals surface area contributed by atoms with E-state index in [1.165, 1.54) is 6.07 Å². The molecule has 2 N–H and O–H groups in total. The Kier molecular flexibility index (Phi) is 4.67. The van der Waals surface area contributed by atoms with Gasteiger partial charge in [-0.1, -0.05) is 18.2 Å². The molecule has 0 saturated carbocycles. The zero-order valence-corrected chi connectivity index (χ0v) is 13.9. The number of carbonyl (C=O) groups is 1. The summed E-state index contributed by atoms with van der Waals surface area (Å²) in [5, 5.41) is 11.3. The predicted octanol–water partition coefficient (Wildman–Crippen LogP) is 2.51. The van der Waals surface area contributed by atoms with Crippen LogP contribution in [0.4, 0.5) is 11.4 Å². The van der Waals surface area contributed by atoms with E-state index in [0.717, 1.165) is 5.69 Å². The molecule has 0 radical (unpaired) electrons. The van der Waals surface area contributed by atoms with Gasteiger partial charge in [0, 0.05) is 41.5 Å². The van der Waals surface area contributed by atoms with Gasteiger partial charge in [-0.3, -0.25) is 14.9 Å². The number of nitro groups is 1. The van der Waals surface area contributed by atoms with E-state index < -0.39 is 10.8 Å². The van der Waals surface area contributed by atoms with Crippen LogP contribution in [0, 0.1) is 17.0 Å². The normalized spacial score (nSPS) is 14.4. The number of rotatable bonds is 4. The summed E-state index contributed by atoms with van der Waals surface area (Å²) in [7, 11) is 0. The Balaban J connectivity index is 2.21. The molecule has 1 fully saturated rings. The second-order valence-corrected chi connectivity index (χ2v) is 5.92. The molecule has 7 heteroatoms. The minimum atomic E-state index is -0.562. The van der Waals surface area contributed by atoms with Gasteiger partial charge in [-0.25, -0.2) is 0 Å². The molecule has 0 spiro atoms. The fourth-order valence-corrected chi connectivity index (χ4v) is 3.08. The van der Waals surface area contributed by atoms with Crippen molar-refractivity contribution in [1.29, 1.82) is 0 Å². The molecule has 1 saturated heterocycles. The fourth-order valence-electron chi connectivity index (χ4n) is 3.08. The van der Waals surface area contributed by atoms with Gasteiger partial charge in [-0.15, -0.1) is 0 Å². The summed E-state index contributed by atoms with van der Waals surface area (Å²) in [6.07, 6.45) is 0. The number of nitro benzene ring substituents is 1. The van der Waals surface area contributed by atoms with Crippen molar-refractivity contribution < 1.29 is 14.5 Å². The first kappa shape index (κ1) is 16.9. The van der Waals surface area contributed by atoms with E-state index in [4.69, 9.17) is 10.5 Å². The van der Waals surface area contributed by atoms with Gasteiger partial charge in [0.1, 0.15) is 0 Å². The topological polar surface area (TPSA) is 98.7 Å². The lowest BCUT2D eigenvalue weighted by Crippen LogP contribution is -2.36. The quantitative estimate of drug-likeness (QED) is 0.680. The van der Waals surface area contributed by atoms with Crippen LogP contribution in [-0.4, -0.2) is 37.1 Å². The Morgan fingerprint density at radius 2 is 1.96 bits per heavy atom. The van der Waals surface area contributed by atoms with E-state index in [2.05, 4.69) is 4.90 Å².